The molecule has 5 heterocycles. The SMILES string of the molecule is N#Cc1ccc(-c2ccc(-n3c4ccccc4c4cc(-c5ccc6c(c5)c5ccccc5n6-c5cccc6c5-c5ccccc5C6(c5ccccc5)c5ccccc5)ccc43)cc2)cc1.c1ccc(-n2c3ccccc3c3cc(-c4ccc5c(c4)c4ccccc4n5-c4ccc5oc6ccc(-c7cccc8c7-c7ccccc7C8(c7ccccc7)c7ccccc7)cc6c5c4)ccc32)cc1. The summed E-state index contributed by atoms with van der Waals surface area (Å²) in [5, 5.41) is 21.3. The molecule has 135 heavy (non-hydrogen) atoms. The lowest BCUT2D eigenvalue weighted by atomic mass is 9.67. The van der Waals surface area contributed by atoms with Gasteiger partial charge in [-0.2, -0.15) is 5.26 Å². The topological polar surface area (TPSA) is 56.6 Å². The van der Waals surface area contributed by atoms with Crippen molar-refractivity contribution in [3.63, 3.8) is 0 Å². The van der Waals surface area contributed by atoms with Crippen molar-refractivity contribution < 1.29 is 4.42 Å². The van der Waals surface area contributed by atoms with Gasteiger partial charge in [0.25, 0.3) is 0 Å². The van der Waals surface area contributed by atoms with Gasteiger partial charge in [-0.05, 0) is 251 Å². The highest BCUT2D eigenvalue weighted by Gasteiger charge is 2.49. The van der Waals surface area contributed by atoms with Crippen LogP contribution in [-0.2, 0) is 10.8 Å². The number of furan rings is 1. The molecule has 0 fully saturated rings. The van der Waals surface area contributed by atoms with Gasteiger partial charge in [-0.25, -0.2) is 0 Å². The molecule has 0 atom stereocenters. The Morgan fingerprint density at radius 2 is 0.496 bits per heavy atom. The highest BCUT2D eigenvalue weighted by molar-refractivity contribution is 6.17. The normalized spacial score (nSPS) is 12.9. The van der Waals surface area contributed by atoms with Crippen LogP contribution in [0.2, 0.25) is 0 Å². The van der Waals surface area contributed by atoms with E-state index in [1.54, 1.807) is 0 Å². The largest absolute Gasteiger partial charge is 0.456 e. The van der Waals surface area contributed by atoms with Crippen LogP contribution in [0.25, 0.3) is 199 Å². The summed E-state index contributed by atoms with van der Waals surface area (Å²) in [6, 6.07) is 182. The first-order valence-electron chi connectivity index (χ1n) is 46.4. The molecule has 6 heteroatoms. The van der Waals surface area contributed by atoms with Crippen molar-refractivity contribution in [3.8, 4) is 95.6 Å². The number of para-hydroxylation sites is 5. The Morgan fingerprint density at radius 1 is 0.193 bits per heavy atom. The number of aromatic nitrogens is 4. The van der Waals surface area contributed by atoms with Crippen molar-refractivity contribution in [2.24, 2.45) is 0 Å². The summed E-state index contributed by atoms with van der Waals surface area (Å²) in [5.41, 5.74) is 40.2. The lowest BCUT2D eigenvalue weighted by Gasteiger charge is -2.34. The zero-order valence-corrected chi connectivity index (χ0v) is 73.4. The van der Waals surface area contributed by atoms with Gasteiger partial charge in [-0.1, -0.05) is 346 Å². The molecule has 0 bridgehead atoms. The zero-order chi connectivity index (χ0) is 89.0. The molecule has 5 aromatic heterocycles. The molecule has 0 saturated heterocycles. The van der Waals surface area contributed by atoms with Crippen LogP contribution in [0.1, 0.15) is 50.1 Å². The Morgan fingerprint density at radius 3 is 0.956 bits per heavy atom. The smallest absolute Gasteiger partial charge is 0.135 e. The number of nitrogens with zero attached hydrogens (tertiary/aromatic N) is 5. The molecule has 0 radical (unpaired) electrons. The summed E-state index contributed by atoms with van der Waals surface area (Å²) in [6.07, 6.45) is 0. The summed E-state index contributed by atoms with van der Waals surface area (Å²) in [4.78, 5) is 0. The Kier molecular flexibility index (Phi) is 17.5. The maximum atomic E-state index is 9.28. The number of rotatable bonds is 12. The van der Waals surface area contributed by atoms with Gasteiger partial charge in [-0.3, -0.25) is 0 Å². The first kappa shape index (κ1) is 77.1. The van der Waals surface area contributed by atoms with E-state index in [4.69, 9.17) is 4.42 Å². The van der Waals surface area contributed by atoms with E-state index >= 15 is 0 Å². The lowest BCUT2D eigenvalue weighted by molar-refractivity contribution is 0.669. The summed E-state index contributed by atoms with van der Waals surface area (Å²) in [7, 11) is 0. The van der Waals surface area contributed by atoms with Gasteiger partial charge in [-0.15, -0.1) is 0 Å². The van der Waals surface area contributed by atoms with E-state index in [1.165, 1.54) is 187 Å². The second-order valence-electron chi connectivity index (χ2n) is 35.9. The maximum Gasteiger partial charge on any atom is 0.135 e. The summed E-state index contributed by atoms with van der Waals surface area (Å²) >= 11 is 0. The second kappa shape index (κ2) is 30.6. The minimum absolute atomic E-state index is 0.466. The summed E-state index contributed by atoms with van der Waals surface area (Å²) in [5.74, 6) is 0. The quantitative estimate of drug-likeness (QED) is 0.122. The van der Waals surface area contributed by atoms with E-state index in [2.05, 4.69) is 491 Å². The van der Waals surface area contributed by atoms with Gasteiger partial charge in [0.05, 0.1) is 72.3 Å². The zero-order valence-electron chi connectivity index (χ0n) is 73.4. The van der Waals surface area contributed by atoms with Crippen molar-refractivity contribution in [2.45, 2.75) is 10.8 Å². The molecule has 2 aliphatic rings. The minimum atomic E-state index is -0.478. The molecular weight excluding hydrogens is 1640 g/mol. The molecule has 628 valence electrons. The number of fused-ring (bicyclic) bond motifs is 21. The van der Waals surface area contributed by atoms with Gasteiger partial charge in [0.15, 0.2) is 0 Å². The molecule has 0 unspecified atom stereocenters. The first-order chi connectivity index (χ1) is 66.9. The third-order valence-corrected chi connectivity index (χ3v) is 29.1. The molecule has 0 aliphatic heterocycles. The van der Waals surface area contributed by atoms with Crippen LogP contribution in [0.5, 0.6) is 0 Å². The fourth-order valence-electron chi connectivity index (χ4n) is 23.3. The molecule has 0 spiro atoms. The highest BCUT2D eigenvalue weighted by atomic mass is 16.3. The van der Waals surface area contributed by atoms with Crippen LogP contribution in [0.3, 0.4) is 0 Å². The lowest BCUT2D eigenvalue weighted by Crippen LogP contribution is -2.28. The van der Waals surface area contributed by atoms with E-state index in [-0.39, 0.29) is 0 Å². The van der Waals surface area contributed by atoms with Gasteiger partial charge in [0.2, 0.25) is 0 Å². The predicted octanol–water partition coefficient (Wildman–Crippen LogP) is 32.9. The average Bonchev–Trinajstić information content (AvgIpc) is 1.53. The highest BCUT2D eigenvalue weighted by Crippen LogP contribution is 2.61. The Labute approximate surface area is 779 Å². The molecule has 28 rings (SSSR count). The Balaban J connectivity index is 0.000000138. The molecule has 2 aliphatic carbocycles. The van der Waals surface area contributed by atoms with Crippen LogP contribution in [0.15, 0.2) is 496 Å². The van der Waals surface area contributed by atoms with Gasteiger partial charge >= 0.3 is 0 Å². The van der Waals surface area contributed by atoms with E-state index in [0.717, 1.165) is 55.7 Å². The molecule has 0 N–H and O–H groups in total. The van der Waals surface area contributed by atoms with E-state index in [9.17, 15) is 5.26 Å². The second-order valence-corrected chi connectivity index (χ2v) is 35.9. The summed E-state index contributed by atoms with van der Waals surface area (Å²) < 4.78 is 16.3. The minimum Gasteiger partial charge on any atom is -0.456 e. The van der Waals surface area contributed by atoms with Crippen molar-refractivity contribution in [1.82, 2.24) is 18.3 Å². The molecule has 26 aromatic rings. The predicted molar refractivity (Wildman–Crippen MR) is 559 cm³/mol. The number of benzene rings is 21. The Bertz CT molecular complexity index is 9270. The van der Waals surface area contributed by atoms with Gasteiger partial charge in [0.1, 0.15) is 11.2 Å². The molecule has 21 aromatic carbocycles. The monoisotopic (exact) mass is 1720 g/mol. The maximum absolute atomic E-state index is 9.28. The Hall–Kier alpha value is -17.9. The molecular formula is C129H81N5O. The molecule has 0 amide bonds. The third-order valence-electron chi connectivity index (χ3n) is 29.1. The van der Waals surface area contributed by atoms with Crippen molar-refractivity contribution in [2.75, 3.05) is 0 Å². The van der Waals surface area contributed by atoms with Crippen LogP contribution in [0.4, 0.5) is 0 Å². The van der Waals surface area contributed by atoms with Crippen LogP contribution in [-0.4, -0.2) is 18.3 Å². The van der Waals surface area contributed by atoms with Crippen LogP contribution in [0, 0.1) is 11.3 Å². The first-order valence-corrected chi connectivity index (χ1v) is 46.4. The average molecular weight is 1720 g/mol. The fraction of sp³-hybridized carbons (Fsp3) is 0.0155. The molecule has 0 saturated carbocycles. The standard InChI is InChI=1S/C67H42N2O.C62H39N3/c1-4-17-46(18-5-1)67(47-19-6-2-7-20-47)58-27-13-10-25-53(58)66-50(26-16-28-59(66)67)45-33-37-64-56(41-45)57-42-49(34-38-65(57)70-64)69-61-30-15-12-24-52(61)55-40-44(32-36-63(55)69)43-31-35-62-54(39-43)51-23-11-14-29-60(51)68(62)48-21-8-3-9-22-48;63-40-41-26-28-42(29-27-41)43-30-34-48(35-31-43)64-56-23-11-8-18-49(56)52-38-44(32-36-58(52)64)45-33-37-59-53(39-45)50-19-9-12-24-57(50)65(59)60-25-13-22-55-61(60)51-20-7-10-21-54(51)62(55,46-14-3-1-4-15-46)47-16-5-2-6-17-47/h1-42H;1-39H. The van der Waals surface area contributed by atoms with Crippen molar-refractivity contribution in [3.05, 3.63) is 541 Å². The van der Waals surface area contributed by atoms with E-state index < -0.39 is 10.8 Å². The fourth-order valence-corrected chi connectivity index (χ4v) is 23.3. The van der Waals surface area contributed by atoms with Crippen LogP contribution < -0.4 is 0 Å². The van der Waals surface area contributed by atoms with Crippen molar-refractivity contribution in [1.29, 1.82) is 5.26 Å². The van der Waals surface area contributed by atoms with E-state index in [1.807, 2.05) is 24.3 Å². The molecule has 6 nitrogen and oxygen atoms in total. The summed E-state index contributed by atoms with van der Waals surface area (Å²) in [6.45, 7) is 0. The van der Waals surface area contributed by atoms with Gasteiger partial charge < -0.3 is 22.7 Å². The van der Waals surface area contributed by atoms with Crippen LogP contribution >= 0.6 is 0 Å². The number of nitriles is 1. The number of hydrogen-bond donors (Lipinski definition) is 0. The van der Waals surface area contributed by atoms with E-state index in [0.29, 0.717) is 5.56 Å². The number of hydrogen-bond acceptors (Lipinski definition) is 2. The van der Waals surface area contributed by atoms with Crippen molar-refractivity contribution >= 4 is 109 Å². The third kappa shape index (κ3) is 11.7. The van der Waals surface area contributed by atoms with Gasteiger partial charge in [0, 0.05) is 76.5 Å².